The number of hydrogen-bond donors (Lipinski definition) is 1. The van der Waals surface area contributed by atoms with Crippen LogP contribution < -0.4 is 5.32 Å². The summed E-state index contributed by atoms with van der Waals surface area (Å²) in [7, 11) is 0. The van der Waals surface area contributed by atoms with Crippen LogP contribution in [-0.2, 0) is 6.42 Å². The largest absolute Gasteiger partial charge is 0.314 e. The van der Waals surface area contributed by atoms with Gasteiger partial charge in [0.2, 0.25) is 0 Å². The first-order valence-electron chi connectivity index (χ1n) is 6.47. The van der Waals surface area contributed by atoms with Gasteiger partial charge in [-0.3, -0.25) is 0 Å². The van der Waals surface area contributed by atoms with Crippen molar-refractivity contribution in [3.8, 4) is 0 Å². The van der Waals surface area contributed by atoms with Gasteiger partial charge in [0, 0.05) is 17.5 Å². The predicted molar refractivity (Wildman–Crippen MR) is 79.7 cm³/mol. The van der Waals surface area contributed by atoms with E-state index in [4.69, 9.17) is 0 Å². The molecular weight excluding hydrogens is 294 g/mol. The molecule has 1 unspecified atom stereocenters. The van der Waals surface area contributed by atoms with E-state index in [1.807, 2.05) is 11.3 Å². The molecule has 1 atom stereocenters. The van der Waals surface area contributed by atoms with E-state index in [1.165, 1.54) is 27.9 Å². The zero-order chi connectivity index (χ0) is 12.5. The molecule has 0 aliphatic heterocycles. The van der Waals surface area contributed by atoms with Crippen molar-refractivity contribution in [2.45, 2.75) is 46.1 Å². The molecule has 1 aliphatic carbocycles. The van der Waals surface area contributed by atoms with Gasteiger partial charge in [0.1, 0.15) is 0 Å². The Hall–Kier alpha value is 0.140. The highest BCUT2D eigenvalue weighted by molar-refractivity contribution is 9.11. The molecule has 0 aromatic carbocycles. The molecule has 0 bridgehead atoms. The Balaban J connectivity index is 2.00. The molecule has 0 spiro atoms. The quantitative estimate of drug-likeness (QED) is 0.816. The van der Waals surface area contributed by atoms with E-state index in [-0.39, 0.29) is 0 Å². The van der Waals surface area contributed by atoms with E-state index in [1.54, 1.807) is 0 Å². The van der Waals surface area contributed by atoms with Gasteiger partial charge in [0.25, 0.3) is 0 Å². The minimum atomic E-state index is 0.439. The first kappa shape index (κ1) is 13.6. The van der Waals surface area contributed by atoms with Crippen molar-refractivity contribution in [3.05, 3.63) is 20.8 Å². The van der Waals surface area contributed by atoms with Crippen molar-refractivity contribution in [1.82, 2.24) is 5.32 Å². The number of halogens is 1. The molecule has 96 valence electrons. The number of hydrogen-bond acceptors (Lipinski definition) is 2. The molecule has 1 nitrogen and oxygen atoms in total. The second-order valence-electron chi connectivity index (χ2n) is 5.85. The highest BCUT2D eigenvalue weighted by Gasteiger charge is 2.41. The zero-order valence-electron chi connectivity index (χ0n) is 10.9. The van der Waals surface area contributed by atoms with Crippen LogP contribution in [-0.4, -0.2) is 12.6 Å². The van der Waals surface area contributed by atoms with E-state index in [0.717, 1.165) is 12.5 Å². The molecule has 1 N–H and O–H groups in total. The third kappa shape index (κ3) is 3.80. The summed E-state index contributed by atoms with van der Waals surface area (Å²) < 4.78 is 1.25. The molecule has 1 fully saturated rings. The molecule has 3 heteroatoms. The fraction of sp³-hybridized carbons (Fsp3) is 0.714. The lowest BCUT2D eigenvalue weighted by atomic mass is 9.80. The Morgan fingerprint density at radius 1 is 1.47 bits per heavy atom. The second-order valence-corrected chi connectivity index (χ2v) is 8.39. The Bertz CT molecular complexity index is 370. The molecule has 17 heavy (non-hydrogen) atoms. The maximum atomic E-state index is 3.63. The first-order chi connectivity index (χ1) is 7.99. The van der Waals surface area contributed by atoms with E-state index < -0.39 is 0 Å². The Morgan fingerprint density at radius 2 is 2.18 bits per heavy atom. The number of nitrogens with one attached hydrogen (secondary N) is 1. The van der Waals surface area contributed by atoms with Gasteiger partial charge in [-0.05, 0) is 58.7 Å². The van der Waals surface area contributed by atoms with Crippen LogP contribution in [0.3, 0.4) is 0 Å². The minimum absolute atomic E-state index is 0.439. The maximum Gasteiger partial charge on any atom is 0.0701 e. The number of rotatable bonds is 6. The molecule has 1 aliphatic rings. The highest BCUT2D eigenvalue weighted by Crippen LogP contribution is 2.47. The second kappa shape index (κ2) is 5.41. The highest BCUT2D eigenvalue weighted by atomic mass is 79.9. The van der Waals surface area contributed by atoms with Gasteiger partial charge >= 0.3 is 0 Å². The van der Waals surface area contributed by atoms with Crippen molar-refractivity contribution < 1.29 is 0 Å². The smallest absolute Gasteiger partial charge is 0.0701 e. The summed E-state index contributed by atoms with van der Waals surface area (Å²) in [5.41, 5.74) is 0.439. The van der Waals surface area contributed by atoms with E-state index >= 15 is 0 Å². The fourth-order valence-corrected chi connectivity index (χ4v) is 4.09. The van der Waals surface area contributed by atoms with Gasteiger partial charge in [-0.15, -0.1) is 11.3 Å². The third-order valence-electron chi connectivity index (χ3n) is 3.68. The summed E-state index contributed by atoms with van der Waals surface area (Å²) in [6, 6.07) is 5.02. The lowest BCUT2D eigenvalue weighted by Gasteiger charge is -2.31. The van der Waals surface area contributed by atoms with Crippen molar-refractivity contribution in [1.29, 1.82) is 0 Å². The van der Waals surface area contributed by atoms with E-state index in [9.17, 15) is 0 Å². The van der Waals surface area contributed by atoms with Crippen molar-refractivity contribution in [2.75, 3.05) is 6.54 Å². The Labute approximate surface area is 117 Å². The van der Waals surface area contributed by atoms with Crippen molar-refractivity contribution in [3.63, 3.8) is 0 Å². The van der Waals surface area contributed by atoms with Gasteiger partial charge < -0.3 is 5.32 Å². The molecule has 1 heterocycles. The van der Waals surface area contributed by atoms with Gasteiger partial charge in [0.15, 0.2) is 0 Å². The van der Waals surface area contributed by atoms with Gasteiger partial charge in [-0.2, -0.15) is 0 Å². The summed E-state index contributed by atoms with van der Waals surface area (Å²) in [6.07, 6.45) is 4.05. The summed E-state index contributed by atoms with van der Waals surface area (Å²) >= 11 is 5.44. The molecule has 0 radical (unpaired) electrons. The monoisotopic (exact) mass is 315 g/mol. The van der Waals surface area contributed by atoms with Crippen LogP contribution in [0.25, 0.3) is 0 Å². The fourth-order valence-electron chi connectivity index (χ4n) is 2.41. The molecule has 0 saturated heterocycles. The lowest BCUT2D eigenvalue weighted by Crippen LogP contribution is -2.38. The van der Waals surface area contributed by atoms with Crippen LogP contribution in [0.4, 0.5) is 0 Å². The summed E-state index contributed by atoms with van der Waals surface area (Å²) in [5.74, 6) is 0.926. The topological polar surface area (TPSA) is 12.0 Å². The molecule has 0 amide bonds. The SMILES string of the molecule is CC(C)NCC(C)(Cc1ccc(Br)s1)C1CC1. The van der Waals surface area contributed by atoms with Crippen molar-refractivity contribution in [2.24, 2.45) is 11.3 Å². The summed E-state index contributed by atoms with van der Waals surface area (Å²) in [6.45, 7) is 8.06. The summed E-state index contributed by atoms with van der Waals surface area (Å²) in [5, 5.41) is 3.63. The van der Waals surface area contributed by atoms with Gasteiger partial charge in [-0.1, -0.05) is 20.8 Å². The zero-order valence-corrected chi connectivity index (χ0v) is 13.3. The van der Waals surface area contributed by atoms with Gasteiger partial charge in [0.05, 0.1) is 3.79 Å². The molecule has 1 aromatic heterocycles. The van der Waals surface area contributed by atoms with Crippen LogP contribution in [0, 0.1) is 11.3 Å². The summed E-state index contributed by atoms with van der Waals surface area (Å²) in [4.78, 5) is 1.51. The molecule has 1 aromatic rings. The average molecular weight is 316 g/mol. The standard InChI is InChI=1S/C14H22BrNS/c1-10(2)16-9-14(3,11-4-5-11)8-12-6-7-13(15)17-12/h6-7,10-11,16H,4-5,8-9H2,1-3H3. The van der Waals surface area contributed by atoms with Crippen LogP contribution in [0.5, 0.6) is 0 Å². The van der Waals surface area contributed by atoms with Crippen LogP contribution in [0.2, 0.25) is 0 Å². The lowest BCUT2D eigenvalue weighted by molar-refractivity contribution is 0.250. The molecular formula is C14H22BrNS. The minimum Gasteiger partial charge on any atom is -0.314 e. The first-order valence-corrected chi connectivity index (χ1v) is 8.08. The van der Waals surface area contributed by atoms with Crippen LogP contribution in [0.15, 0.2) is 15.9 Å². The van der Waals surface area contributed by atoms with E-state index in [0.29, 0.717) is 11.5 Å². The maximum absolute atomic E-state index is 3.63. The molecule has 1 saturated carbocycles. The average Bonchev–Trinajstić information content (AvgIpc) is 3.02. The van der Waals surface area contributed by atoms with Crippen molar-refractivity contribution >= 4 is 27.3 Å². The van der Waals surface area contributed by atoms with Crippen LogP contribution in [0.1, 0.15) is 38.5 Å². The molecule has 2 rings (SSSR count). The van der Waals surface area contributed by atoms with Gasteiger partial charge in [-0.25, -0.2) is 0 Å². The van der Waals surface area contributed by atoms with E-state index in [2.05, 4.69) is 54.2 Å². The normalized spacial score (nSPS) is 19.6. The Morgan fingerprint density at radius 3 is 2.65 bits per heavy atom. The third-order valence-corrected chi connectivity index (χ3v) is 5.31. The predicted octanol–water partition coefficient (Wildman–Crippen LogP) is 4.47. The Kier molecular flexibility index (Phi) is 4.32. The van der Waals surface area contributed by atoms with Crippen LogP contribution >= 0.6 is 27.3 Å². The number of thiophene rings is 1.